The van der Waals surface area contributed by atoms with E-state index in [1.165, 1.54) is 16.7 Å². The van der Waals surface area contributed by atoms with E-state index in [9.17, 15) is 14.4 Å². The zero-order chi connectivity index (χ0) is 13.8. The van der Waals surface area contributed by atoms with Crippen LogP contribution in [-0.2, 0) is 19.1 Å². The molecule has 102 valence electrons. The molecule has 1 aliphatic heterocycles. The molecule has 1 rings (SSSR count). The van der Waals surface area contributed by atoms with Gasteiger partial charge in [0, 0.05) is 5.75 Å². The summed E-state index contributed by atoms with van der Waals surface area (Å²) in [6.07, 6.45) is 0.675. The molecule has 18 heavy (non-hydrogen) atoms. The zero-order valence-corrected chi connectivity index (χ0v) is 11.6. The molecule has 0 bridgehead atoms. The van der Waals surface area contributed by atoms with Crippen molar-refractivity contribution >= 4 is 30.0 Å². The first-order chi connectivity index (χ1) is 8.42. The molecule has 1 heterocycles. The Morgan fingerprint density at radius 3 is 2.78 bits per heavy atom. The Morgan fingerprint density at radius 1 is 1.56 bits per heavy atom. The molecule has 0 spiro atoms. The molecule has 7 heteroatoms. The Labute approximate surface area is 110 Å². The predicted molar refractivity (Wildman–Crippen MR) is 67.9 cm³/mol. The second kappa shape index (κ2) is 6.08. The number of rotatable bonds is 5. The molecular formula is C11H18N2O4S. The summed E-state index contributed by atoms with van der Waals surface area (Å²) >= 11 is 1.53. The average Bonchev–Trinajstić information content (AvgIpc) is 2.61. The number of carbonyl (C=O) groups excluding carboxylic acids is 3. The number of thioether (sulfide) groups is 1. The average molecular weight is 274 g/mol. The first-order valence-electron chi connectivity index (χ1n) is 5.73. The summed E-state index contributed by atoms with van der Waals surface area (Å²) in [6.45, 7) is 5.57. The molecule has 6 nitrogen and oxygen atoms in total. The van der Waals surface area contributed by atoms with Crippen LogP contribution in [-0.4, -0.2) is 53.0 Å². The van der Waals surface area contributed by atoms with Gasteiger partial charge < -0.3 is 15.0 Å². The molecule has 1 N–H and O–H groups in total. The van der Waals surface area contributed by atoms with E-state index in [0.717, 1.165) is 0 Å². The van der Waals surface area contributed by atoms with Crippen LogP contribution in [0.3, 0.4) is 0 Å². The van der Waals surface area contributed by atoms with E-state index in [4.69, 9.17) is 4.74 Å². The molecule has 1 aliphatic rings. The maximum Gasteiger partial charge on any atom is 0.325 e. The summed E-state index contributed by atoms with van der Waals surface area (Å²) in [4.78, 5) is 35.1. The minimum atomic E-state index is -0.531. The van der Waals surface area contributed by atoms with Crippen LogP contribution < -0.4 is 5.32 Å². The molecule has 0 aromatic rings. The summed E-state index contributed by atoms with van der Waals surface area (Å²) in [7, 11) is 0. The van der Waals surface area contributed by atoms with Gasteiger partial charge in [0.25, 0.3) is 0 Å². The van der Waals surface area contributed by atoms with Gasteiger partial charge in [-0.05, 0) is 20.8 Å². The highest BCUT2D eigenvalue weighted by Crippen LogP contribution is 2.37. The second-order valence-electron chi connectivity index (χ2n) is 4.31. The molecule has 0 unspecified atom stereocenters. The third-order valence-corrected chi connectivity index (χ3v) is 4.08. The van der Waals surface area contributed by atoms with Crippen molar-refractivity contribution in [1.29, 1.82) is 0 Å². The van der Waals surface area contributed by atoms with E-state index >= 15 is 0 Å². The SMILES string of the molecule is CCOC(=O)CNC(=O)[C@H]1CSC(C)(C)N1C=O. The smallest absolute Gasteiger partial charge is 0.325 e. The molecule has 0 aromatic carbocycles. The van der Waals surface area contributed by atoms with E-state index in [1.54, 1.807) is 6.92 Å². The molecule has 2 amide bonds. The fraction of sp³-hybridized carbons (Fsp3) is 0.727. The van der Waals surface area contributed by atoms with E-state index in [-0.39, 0.29) is 19.1 Å². The Hall–Kier alpha value is -1.24. The van der Waals surface area contributed by atoms with E-state index in [0.29, 0.717) is 12.2 Å². The van der Waals surface area contributed by atoms with Crippen LogP contribution in [0.5, 0.6) is 0 Å². The van der Waals surface area contributed by atoms with Crippen LogP contribution in [0.2, 0.25) is 0 Å². The number of ether oxygens (including phenoxy) is 1. The largest absolute Gasteiger partial charge is 0.465 e. The molecule has 1 saturated heterocycles. The lowest BCUT2D eigenvalue weighted by Crippen LogP contribution is -2.50. The summed E-state index contributed by atoms with van der Waals surface area (Å²) in [6, 6.07) is -0.531. The van der Waals surface area contributed by atoms with Gasteiger partial charge in [0.05, 0.1) is 11.5 Å². The number of esters is 1. The number of hydrogen-bond acceptors (Lipinski definition) is 5. The van der Waals surface area contributed by atoms with Gasteiger partial charge in [-0.25, -0.2) is 0 Å². The lowest BCUT2D eigenvalue weighted by atomic mass is 10.2. The van der Waals surface area contributed by atoms with Gasteiger partial charge in [-0.2, -0.15) is 0 Å². The number of amides is 2. The number of nitrogens with zero attached hydrogens (tertiary/aromatic N) is 1. The highest BCUT2D eigenvalue weighted by atomic mass is 32.2. The standard InChI is InChI=1S/C11H18N2O4S/c1-4-17-9(15)5-12-10(16)8-6-18-11(2,3)13(8)7-14/h7-8H,4-6H2,1-3H3,(H,12,16)/t8-/m1/s1. The van der Waals surface area contributed by atoms with E-state index in [1.807, 2.05) is 13.8 Å². The molecule has 0 saturated carbocycles. The van der Waals surface area contributed by atoms with Crippen LogP contribution in [0.4, 0.5) is 0 Å². The summed E-state index contributed by atoms with van der Waals surface area (Å²) in [5.41, 5.74) is 0. The number of hydrogen-bond donors (Lipinski definition) is 1. The highest BCUT2D eigenvalue weighted by molar-refractivity contribution is 8.00. The van der Waals surface area contributed by atoms with Gasteiger partial charge in [-0.3, -0.25) is 14.4 Å². The Morgan fingerprint density at radius 2 is 2.22 bits per heavy atom. The Bertz CT molecular complexity index is 346. The quantitative estimate of drug-likeness (QED) is 0.563. The number of nitrogens with one attached hydrogen (secondary N) is 1. The van der Waals surface area contributed by atoms with E-state index in [2.05, 4.69) is 5.32 Å². The summed E-state index contributed by atoms with van der Waals surface area (Å²) < 4.78 is 4.71. The molecule has 0 aliphatic carbocycles. The fourth-order valence-electron chi connectivity index (χ4n) is 1.70. The second-order valence-corrected chi connectivity index (χ2v) is 5.93. The first-order valence-corrected chi connectivity index (χ1v) is 6.72. The lowest BCUT2D eigenvalue weighted by molar-refractivity contribution is -0.144. The van der Waals surface area contributed by atoms with Crippen molar-refractivity contribution in [3.05, 3.63) is 0 Å². The van der Waals surface area contributed by atoms with Crippen molar-refractivity contribution in [2.45, 2.75) is 31.7 Å². The maximum atomic E-state index is 11.9. The number of carbonyl (C=O) groups is 3. The summed E-state index contributed by atoms with van der Waals surface area (Å²) in [5, 5.41) is 2.48. The van der Waals surface area contributed by atoms with Crippen molar-refractivity contribution in [3.63, 3.8) is 0 Å². The van der Waals surface area contributed by atoms with E-state index < -0.39 is 16.9 Å². The van der Waals surface area contributed by atoms with Gasteiger partial charge in [-0.1, -0.05) is 0 Å². The van der Waals surface area contributed by atoms with Crippen molar-refractivity contribution < 1.29 is 19.1 Å². The van der Waals surface area contributed by atoms with Crippen molar-refractivity contribution in [1.82, 2.24) is 10.2 Å². The van der Waals surface area contributed by atoms with Gasteiger partial charge in [0.1, 0.15) is 12.6 Å². The van der Waals surface area contributed by atoms with Crippen molar-refractivity contribution in [2.75, 3.05) is 18.9 Å². The van der Waals surface area contributed by atoms with Gasteiger partial charge in [-0.15, -0.1) is 11.8 Å². The minimum Gasteiger partial charge on any atom is -0.465 e. The third-order valence-electron chi connectivity index (χ3n) is 2.68. The summed E-state index contributed by atoms with van der Waals surface area (Å²) in [5.74, 6) is -0.276. The fourth-order valence-corrected chi connectivity index (χ4v) is 2.90. The lowest BCUT2D eigenvalue weighted by Gasteiger charge is -2.30. The molecule has 0 radical (unpaired) electrons. The maximum absolute atomic E-state index is 11.9. The first kappa shape index (κ1) is 14.8. The molecular weight excluding hydrogens is 256 g/mol. The van der Waals surface area contributed by atoms with Crippen LogP contribution in [0.15, 0.2) is 0 Å². The van der Waals surface area contributed by atoms with Gasteiger partial charge in [0.15, 0.2) is 0 Å². The zero-order valence-electron chi connectivity index (χ0n) is 10.8. The minimum absolute atomic E-state index is 0.166. The van der Waals surface area contributed by atoms with Crippen molar-refractivity contribution in [3.8, 4) is 0 Å². The predicted octanol–water partition coefficient (Wildman–Crippen LogP) is -0.0244. The molecule has 0 aromatic heterocycles. The molecule has 1 fully saturated rings. The van der Waals surface area contributed by atoms with Gasteiger partial charge in [0.2, 0.25) is 12.3 Å². The van der Waals surface area contributed by atoms with Crippen LogP contribution >= 0.6 is 11.8 Å². The topological polar surface area (TPSA) is 75.7 Å². The Kier molecular flexibility index (Phi) is 5.01. The van der Waals surface area contributed by atoms with Crippen LogP contribution in [0, 0.1) is 0 Å². The normalized spacial score (nSPS) is 21.5. The van der Waals surface area contributed by atoms with Crippen molar-refractivity contribution in [2.24, 2.45) is 0 Å². The highest BCUT2D eigenvalue weighted by Gasteiger charge is 2.42. The monoisotopic (exact) mass is 274 g/mol. The molecule has 1 atom stereocenters. The third kappa shape index (κ3) is 3.38. The van der Waals surface area contributed by atoms with Crippen LogP contribution in [0.25, 0.3) is 0 Å². The Balaban J connectivity index is 2.52. The van der Waals surface area contributed by atoms with Crippen LogP contribution in [0.1, 0.15) is 20.8 Å². The van der Waals surface area contributed by atoms with Gasteiger partial charge >= 0.3 is 5.97 Å².